The molecule has 0 saturated heterocycles. The Balaban J connectivity index is 2.36. The summed E-state index contributed by atoms with van der Waals surface area (Å²) in [4.78, 5) is 0. The van der Waals surface area contributed by atoms with Gasteiger partial charge in [-0.1, -0.05) is 6.08 Å². The molecule has 0 bridgehead atoms. The number of nitrogens with one attached hydrogen (secondary N) is 1. The first-order chi connectivity index (χ1) is 8.15. The fraction of sp³-hybridized carbons (Fsp3) is 0.333. The van der Waals surface area contributed by atoms with Crippen LogP contribution in [0.4, 0.5) is 15.8 Å². The average Bonchev–Trinajstić information content (AvgIpc) is 2.30. The number of nitrogens with two attached hydrogens (primary N) is 1. The standard InChI is InChI=1S/C12H16BrFN2O/c1-2-3-5-17-6-4-16-12-8-10(14)9(13)7-11(12)15/h2,7-8,16H,1,3-6,15H2. The van der Waals surface area contributed by atoms with Gasteiger partial charge in [0.2, 0.25) is 0 Å². The number of hydrogen-bond donors (Lipinski definition) is 2. The lowest BCUT2D eigenvalue weighted by molar-refractivity contribution is 0.149. The predicted molar refractivity (Wildman–Crippen MR) is 72.6 cm³/mol. The smallest absolute Gasteiger partial charge is 0.139 e. The number of ether oxygens (including phenoxy) is 1. The molecule has 17 heavy (non-hydrogen) atoms. The molecule has 0 aliphatic carbocycles. The highest BCUT2D eigenvalue weighted by Crippen LogP contribution is 2.26. The molecule has 1 aromatic rings. The highest BCUT2D eigenvalue weighted by Gasteiger charge is 2.05. The molecule has 0 heterocycles. The minimum absolute atomic E-state index is 0.339. The van der Waals surface area contributed by atoms with Crippen LogP contribution in [0.25, 0.3) is 0 Å². The van der Waals surface area contributed by atoms with Crippen LogP contribution in [-0.4, -0.2) is 19.8 Å². The Morgan fingerprint density at radius 3 is 2.94 bits per heavy atom. The second-order valence-electron chi connectivity index (χ2n) is 3.47. The first kappa shape index (κ1) is 14.0. The third-order valence-corrected chi connectivity index (χ3v) is 2.73. The highest BCUT2D eigenvalue weighted by molar-refractivity contribution is 9.10. The summed E-state index contributed by atoms with van der Waals surface area (Å²) < 4.78 is 18.9. The zero-order valence-electron chi connectivity index (χ0n) is 9.51. The van der Waals surface area contributed by atoms with Crippen LogP contribution in [0.1, 0.15) is 6.42 Å². The Hall–Kier alpha value is -1.07. The molecule has 1 rings (SSSR count). The zero-order valence-corrected chi connectivity index (χ0v) is 11.1. The minimum Gasteiger partial charge on any atom is -0.397 e. The van der Waals surface area contributed by atoms with E-state index in [-0.39, 0.29) is 5.82 Å². The molecule has 3 N–H and O–H groups in total. The Bertz CT molecular complexity index is 385. The summed E-state index contributed by atoms with van der Waals surface area (Å²) in [5, 5.41) is 3.02. The fourth-order valence-corrected chi connectivity index (χ4v) is 1.60. The van der Waals surface area contributed by atoms with Crippen molar-refractivity contribution in [2.75, 3.05) is 30.8 Å². The monoisotopic (exact) mass is 302 g/mol. The molecule has 0 amide bonds. The van der Waals surface area contributed by atoms with Gasteiger partial charge in [-0.3, -0.25) is 0 Å². The van der Waals surface area contributed by atoms with Crippen molar-refractivity contribution < 1.29 is 9.13 Å². The van der Waals surface area contributed by atoms with Gasteiger partial charge in [0.1, 0.15) is 5.82 Å². The Morgan fingerprint density at radius 2 is 2.24 bits per heavy atom. The van der Waals surface area contributed by atoms with E-state index in [0.717, 1.165) is 6.42 Å². The average molecular weight is 303 g/mol. The lowest BCUT2D eigenvalue weighted by Crippen LogP contribution is -2.11. The van der Waals surface area contributed by atoms with E-state index in [2.05, 4.69) is 27.8 Å². The van der Waals surface area contributed by atoms with Crippen LogP contribution in [0, 0.1) is 5.82 Å². The van der Waals surface area contributed by atoms with Gasteiger partial charge in [-0.25, -0.2) is 4.39 Å². The SMILES string of the molecule is C=CCCOCCNc1cc(F)c(Br)cc1N. The van der Waals surface area contributed by atoms with Gasteiger partial charge in [0.25, 0.3) is 0 Å². The summed E-state index contributed by atoms with van der Waals surface area (Å²) in [6, 6.07) is 2.90. The van der Waals surface area contributed by atoms with E-state index in [1.54, 1.807) is 6.08 Å². The largest absolute Gasteiger partial charge is 0.397 e. The molecule has 3 nitrogen and oxygen atoms in total. The van der Waals surface area contributed by atoms with Gasteiger partial charge in [0, 0.05) is 12.6 Å². The second kappa shape index (κ2) is 7.29. The van der Waals surface area contributed by atoms with Crippen molar-refractivity contribution in [1.82, 2.24) is 0 Å². The lowest BCUT2D eigenvalue weighted by Gasteiger charge is -2.10. The van der Waals surface area contributed by atoms with Crippen molar-refractivity contribution >= 4 is 27.3 Å². The molecule has 5 heteroatoms. The van der Waals surface area contributed by atoms with Crippen molar-refractivity contribution in [2.24, 2.45) is 0 Å². The molecular weight excluding hydrogens is 287 g/mol. The van der Waals surface area contributed by atoms with Gasteiger partial charge < -0.3 is 15.8 Å². The van der Waals surface area contributed by atoms with Gasteiger partial charge >= 0.3 is 0 Å². The quantitative estimate of drug-likeness (QED) is 0.462. The van der Waals surface area contributed by atoms with Crippen molar-refractivity contribution in [3.05, 3.63) is 35.1 Å². The molecule has 0 fully saturated rings. The van der Waals surface area contributed by atoms with E-state index in [4.69, 9.17) is 10.5 Å². The van der Waals surface area contributed by atoms with Gasteiger partial charge in [0.15, 0.2) is 0 Å². The molecule has 0 spiro atoms. The summed E-state index contributed by atoms with van der Waals surface area (Å²) in [5.41, 5.74) is 6.83. The van der Waals surface area contributed by atoms with Gasteiger partial charge in [-0.2, -0.15) is 0 Å². The summed E-state index contributed by atoms with van der Waals surface area (Å²) in [6.07, 6.45) is 2.63. The van der Waals surface area contributed by atoms with Crippen molar-refractivity contribution in [1.29, 1.82) is 0 Å². The molecule has 0 aliphatic heterocycles. The summed E-state index contributed by atoms with van der Waals surface area (Å²) in [5.74, 6) is -0.339. The topological polar surface area (TPSA) is 47.3 Å². The Morgan fingerprint density at radius 1 is 1.47 bits per heavy atom. The van der Waals surface area contributed by atoms with E-state index >= 15 is 0 Å². The molecule has 0 unspecified atom stereocenters. The predicted octanol–water partition coefficient (Wildman–Crippen LogP) is 3.18. The van der Waals surface area contributed by atoms with Gasteiger partial charge in [-0.15, -0.1) is 6.58 Å². The molecular formula is C12H16BrFN2O. The van der Waals surface area contributed by atoms with Crippen LogP contribution < -0.4 is 11.1 Å². The summed E-state index contributed by atoms with van der Waals surface area (Å²) >= 11 is 3.07. The van der Waals surface area contributed by atoms with E-state index in [9.17, 15) is 4.39 Å². The highest BCUT2D eigenvalue weighted by atomic mass is 79.9. The number of rotatable bonds is 7. The molecule has 0 aliphatic rings. The van der Waals surface area contributed by atoms with Crippen molar-refractivity contribution in [3.63, 3.8) is 0 Å². The first-order valence-electron chi connectivity index (χ1n) is 5.32. The van der Waals surface area contributed by atoms with Crippen molar-refractivity contribution in [2.45, 2.75) is 6.42 Å². The third kappa shape index (κ3) is 4.75. The third-order valence-electron chi connectivity index (χ3n) is 2.12. The maximum Gasteiger partial charge on any atom is 0.139 e. The Labute approximate surface area is 109 Å². The maximum atomic E-state index is 13.3. The number of benzene rings is 1. The molecule has 94 valence electrons. The lowest BCUT2D eigenvalue weighted by atomic mass is 10.2. The van der Waals surface area contributed by atoms with Crippen LogP contribution in [0.15, 0.2) is 29.3 Å². The fourth-order valence-electron chi connectivity index (χ4n) is 1.24. The number of nitrogen functional groups attached to an aromatic ring is 1. The van der Waals surface area contributed by atoms with Crippen LogP contribution in [0.2, 0.25) is 0 Å². The zero-order chi connectivity index (χ0) is 12.7. The molecule has 0 aromatic heterocycles. The van der Waals surface area contributed by atoms with E-state index in [1.165, 1.54) is 12.1 Å². The number of anilines is 2. The van der Waals surface area contributed by atoms with E-state index in [0.29, 0.717) is 35.6 Å². The van der Waals surface area contributed by atoms with Gasteiger partial charge in [0.05, 0.1) is 29.1 Å². The Kier molecular flexibility index (Phi) is 6.00. The van der Waals surface area contributed by atoms with Crippen molar-refractivity contribution in [3.8, 4) is 0 Å². The normalized spacial score (nSPS) is 10.2. The van der Waals surface area contributed by atoms with Gasteiger partial charge in [-0.05, 0) is 28.4 Å². The second-order valence-corrected chi connectivity index (χ2v) is 4.32. The maximum absolute atomic E-state index is 13.3. The minimum atomic E-state index is -0.339. The molecule has 1 aromatic carbocycles. The first-order valence-corrected chi connectivity index (χ1v) is 6.11. The van der Waals surface area contributed by atoms with Crippen LogP contribution in [-0.2, 0) is 4.74 Å². The number of halogens is 2. The van der Waals surface area contributed by atoms with Crippen LogP contribution in [0.5, 0.6) is 0 Å². The molecule has 0 atom stereocenters. The van der Waals surface area contributed by atoms with E-state index < -0.39 is 0 Å². The number of hydrogen-bond acceptors (Lipinski definition) is 3. The summed E-state index contributed by atoms with van der Waals surface area (Å²) in [6.45, 7) is 5.38. The molecule has 0 saturated carbocycles. The van der Waals surface area contributed by atoms with Crippen LogP contribution >= 0.6 is 15.9 Å². The summed E-state index contributed by atoms with van der Waals surface area (Å²) in [7, 11) is 0. The van der Waals surface area contributed by atoms with E-state index in [1.807, 2.05) is 0 Å². The molecule has 0 radical (unpaired) electrons. The van der Waals surface area contributed by atoms with Crippen LogP contribution in [0.3, 0.4) is 0 Å².